The lowest BCUT2D eigenvalue weighted by molar-refractivity contribution is -0.114. The first-order chi connectivity index (χ1) is 10.0. The maximum Gasteiger partial charge on any atom is 0.257 e. The van der Waals surface area contributed by atoms with Crippen molar-refractivity contribution in [3.8, 4) is 5.75 Å². The van der Waals surface area contributed by atoms with Crippen molar-refractivity contribution in [2.45, 2.75) is 33.6 Å². The minimum absolute atomic E-state index is 0.0669. The van der Waals surface area contributed by atoms with Crippen LogP contribution in [0.3, 0.4) is 0 Å². The van der Waals surface area contributed by atoms with Crippen LogP contribution in [0.5, 0.6) is 5.75 Å². The number of nitrogens with one attached hydrogen (secondary N) is 1. The molecule has 1 rings (SSSR count). The molecule has 5 heteroatoms. The van der Waals surface area contributed by atoms with Gasteiger partial charge in [-0.05, 0) is 31.0 Å². The van der Waals surface area contributed by atoms with Gasteiger partial charge in [0.15, 0.2) is 0 Å². The number of carbonyl (C=O) groups is 2. The number of hydrogen-bond acceptors (Lipinski definition) is 3. The number of benzene rings is 1. The molecule has 0 saturated heterocycles. The molecule has 0 radical (unpaired) electrons. The number of methoxy groups -OCH3 is 1. The molecule has 0 fully saturated rings. The molecule has 2 amide bonds. The Bertz CT molecular complexity index is 494. The maximum absolute atomic E-state index is 12.7. The summed E-state index contributed by atoms with van der Waals surface area (Å²) < 4.78 is 5.27. The van der Waals surface area contributed by atoms with Crippen molar-refractivity contribution < 1.29 is 14.3 Å². The summed E-state index contributed by atoms with van der Waals surface area (Å²) in [6.07, 6.45) is 1.80. The molecule has 1 aromatic carbocycles. The summed E-state index contributed by atoms with van der Waals surface area (Å²) in [5.74, 6) is 0.284. The van der Waals surface area contributed by atoms with E-state index < -0.39 is 0 Å². The van der Waals surface area contributed by atoms with Crippen LogP contribution in [0.4, 0.5) is 5.69 Å². The first-order valence-corrected chi connectivity index (χ1v) is 7.28. The molecule has 0 aliphatic rings. The normalized spacial score (nSPS) is 10.1. The largest absolute Gasteiger partial charge is 0.496 e. The van der Waals surface area contributed by atoms with Gasteiger partial charge in [-0.15, -0.1) is 0 Å². The summed E-state index contributed by atoms with van der Waals surface area (Å²) in [5.41, 5.74) is 1.07. The molecule has 0 heterocycles. The van der Waals surface area contributed by atoms with E-state index in [1.165, 1.54) is 14.0 Å². The Balaban J connectivity index is 3.11. The number of hydrogen-bond donors (Lipinski definition) is 1. The molecular formula is C16H24N2O3. The van der Waals surface area contributed by atoms with E-state index in [4.69, 9.17) is 4.74 Å². The Hall–Kier alpha value is -2.04. The Kier molecular flexibility index (Phi) is 6.72. The van der Waals surface area contributed by atoms with Gasteiger partial charge < -0.3 is 15.0 Å². The molecule has 1 aromatic rings. The van der Waals surface area contributed by atoms with Crippen molar-refractivity contribution >= 4 is 17.5 Å². The van der Waals surface area contributed by atoms with Gasteiger partial charge in [-0.1, -0.05) is 13.8 Å². The van der Waals surface area contributed by atoms with Crippen molar-refractivity contribution in [1.82, 2.24) is 4.90 Å². The van der Waals surface area contributed by atoms with E-state index in [1.807, 2.05) is 18.7 Å². The number of ether oxygens (including phenoxy) is 1. The maximum atomic E-state index is 12.7. The summed E-state index contributed by atoms with van der Waals surface area (Å²) in [6, 6.07) is 5.09. The number of carbonyl (C=O) groups excluding carboxylic acids is 2. The summed E-state index contributed by atoms with van der Waals surface area (Å²) in [5, 5.41) is 2.69. The fourth-order valence-corrected chi connectivity index (χ4v) is 2.18. The highest BCUT2D eigenvalue weighted by Gasteiger charge is 2.19. The minimum atomic E-state index is -0.169. The van der Waals surface area contributed by atoms with Gasteiger partial charge in [-0.2, -0.15) is 0 Å². The molecule has 0 unspecified atom stereocenters. The summed E-state index contributed by atoms with van der Waals surface area (Å²) >= 11 is 0. The summed E-state index contributed by atoms with van der Waals surface area (Å²) in [7, 11) is 1.54. The van der Waals surface area contributed by atoms with E-state index in [1.54, 1.807) is 18.2 Å². The smallest absolute Gasteiger partial charge is 0.257 e. The van der Waals surface area contributed by atoms with Crippen LogP contribution in [-0.2, 0) is 4.79 Å². The molecule has 0 atom stereocenters. The van der Waals surface area contributed by atoms with Crippen molar-refractivity contribution in [1.29, 1.82) is 0 Å². The van der Waals surface area contributed by atoms with Crippen LogP contribution in [0.1, 0.15) is 44.0 Å². The molecule has 0 spiro atoms. The summed E-state index contributed by atoms with van der Waals surface area (Å²) in [6.45, 7) is 6.94. The standard InChI is InChI=1S/C16H24N2O3/c1-5-9-18(10-6-2)16(20)14-11-13(17-12(3)19)7-8-15(14)21-4/h7-8,11H,5-6,9-10H2,1-4H3,(H,17,19). The molecule has 0 aromatic heterocycles. The second-order valence-electron chi connectivity index (χ2n) is 4.89. The highest BCUT2D eigenvalue weighted by molar-refractivity contribution is 5.99. The molecule has 0 saturated carbocycles. The lowest BCUT2D eigenvalue weighted by Crippen LogP contribution is -2.32. The fourth-order valence-electron chi connectivity index (χ4n) is 2.18. The molecule has 5 nitrogen and oxygen atoms in total. The van der Waals surface area contributed by atoms with Crippen molar-refractivity contribution in [2.24, 2.45) is 0 Å². The predicted molar refractivity (Wildman–Crippen MR) is 83.8 cm³/mol. The Morgan fingerprint density at radius 1 is 1.19 bits per heavy atom. The quantitative estimate of drug-likeness (QED) is 0.840. The third kappa shape index (κ3) is 4.77. The highest BCUT2D eigenvalue weighted by Crippen LogP contribution is 2.24. The van der Waals surface area contributed by atoms with E-state index in [0.29, 0.717) is 30.1 Å². The minimum Gasteiger partial charge on any atom is -0.496 e. The Morgan fingerprint density at radius 3 is 2.29 bits per heavy atom. The van der Waals surface area contributed by atoms with Gasteiger partial charge in [0.1, 0.15) is 5.75 Å². The average molecular weight is 292 g/mol. The van der Waals surface area contributed by atoms with Crippen molar-refractivity contribution in [3.63, 3.8) is 0 Å². The van der Waals surface area contributed by atoms with Crippen LogP contribution < -0.4 is 10.1 Å². The van der Waals surface area contributed by atoms with Gasteiger partial charge >= 0.3 is 0 Å². The number of rotatable bonds is 7. The molecule has 0 aliphatic heterocycles. The topological polar surface area (TPSA) is 58.6 Å². The lowest BCUT2D eigenvalue weighted by Gasteiger charge is -2.23. The SMILES string of the molecule is CCCN(CCC)C(=O)c1cc(NC(C)=O)ccc1OC. The monoisotopic (exact) mass is 292 g/mol. The van der Waals surface area contributed by atoms with E-state index in [9.17, 15) is 9.59 Å². The zero-order valence-electron chi connectivity index (χ0n) is 13.2. The van der Waals surface area contributed by atoms with Crippen molar-refractivity contribution in [3.05, 3.63) is 23.8 Å². The van der Waals surface area contributed by atoms with Crippen LogP contribution in [-0.4, -0.2) is 36.9 Å². The molecular weight excluding hydrogens is 268 g/mol. The molecule has 0 aliphatic carbocycles. The van der Waals surface area contributed by atoms with E-state index in [2.05, 4.69) is 5.32 Å². The first-order valence-electron chi connectivity index (χ1n) is 7.28. The van der Waals surface area contributed by atoms with Crippen LogP contribution in [0.15, 0.2) is 18.2 Å². The number of amides is 2. The van der Waals surface area contributed by atoms with Gasteiger partial charge in [0.05, 0.1) is 12.7 Å². The van der Waals surface area contributed by atoms with Crippen molar-refractivity contribution in [2.75, 3.05) is 25.5 Å². The second-order valence-corrected chi connectivity index (χ2v) is 4.89. The average Bonchev–Trinajstić information content (AvgIpc) is 2.45. The van der Waals surface area contributed by atoms with E-state index in [-0.39, 0.29) is 11.8 Å². The van der Waals surface area contributed by atoms with Gasteiger partial charge in [-0.25, -0.2) is 0 Å². The Labute approximate surface area is 126 Å². The van der Waals surface area contributed by atoms with E-state index in [0.717, 1.165) is 12.8 Å². The second kappa shape index (κ2) is 8.29. The fraction of sp³-hybridized carbons (Fsp3) is 0.500. The summed E-state index contributed by atoms with van der Waals surface area (Å²) in [4.78, 5) is 25.6. The van der Waals surface area contributed by atoms with Gasteiger partial charge in [0.2, 0.25) is 5.91 Å². The first kappa shape index (κ1) is 17.0. The number of nitrogens with zero attached hydrogens (tertiary/aromatic N) is 1. The zero-order valence-corrected chi connectivity index (χ0v) is 13.2. The van der Waals surface area contributed by atoms with Crippen LogP contribution in [0.2, 0.25) is 0 Å². The van der Waals surface area contributed by atoms with Gasteiger partial charge in [-0.3, -0.25) is 9.59 Å². The third-order valence-corrected chi connectivity index (χ3v) is 3.02. The molecule has 116 valence electrons. The molecule has 21 heavy (non-hydrogen) atoms. The third-order valence-electron chi connectivity index (χ3n) is 3.02. The number of anilines is 1. The zero-order chi connectivity index (χ0) is 15.8. The van der Waals surface area contributed by atoms with Gasteiger partial charge in [0.25, 0.3) is 5.91 Å². The van der Waals surface area contributed by atoms with Crippen LogP contribution >= 0.6 is 0 Å². The predicted octanol–water partition coefficient (Wildman–Crippen LogP) is 2.92. The Morgan fingerprint density at radius 2 is 1.81 bits per heavy atom. The van der Waals surface area contributed by atoms with Crippen LogP contribution in [0.25, 0.3) is 0 Å². The van der Waals surface area contributed by atoms with Gasteiger partial charge in [0, 0.05) is 25.7 Å². The lowest BCUT2D eigenvalue weighted by atomic mass is 10.1. The van der Waals surface area contributed by atoms with E-state index >= 15 is 0 Å². The molecule has 1 N–H and O–H groups in total. The highest BCUT2D eigenvalue weighted by atomic mass is 16.5. The molecule has 0 bridgehead atoms. The van der Waals surface area contributed by atoms with Crippen LogP contribution in [0, 0.1) is 0 Å².